The Bertz CT molecular complexity index is 3430. The minimum absolute atomic E-state index is 0.298. The topological polar surface area (TPSA) is 30.9 Å². The van der Waals surface area contributed by atoms with Crippen molar-refractivity contribution in [2.75, 3.05) is 4.90 Å². The van der Waals surface area contributed by atoms with Gasteiger partial charge in [0.05, 0.1) is 28.5 Å². The van der Waals surface area contributed by atoms with Gasteiger partial charge in [-0.3, -0.25) is 4.57 Å². The second-order valence-electron chi connectivity index (χ2n) is 17.0. The molecule has 308 valence electrons. The summed E-state index contributed by atoms with van der Waals surface area (Å²) in [5.41, 5.74) is 18.3. The van der Waals surface area contributed by atoms with Crippen molar-refractivity contribution in [2.45, 2.75) is 33.7 Å². The van der Waals surface area contributed by atoms with Crippen LogP contribution in [0, 0.1) is 13.8 Å². The first-order chi connectivity index (χ1) is 31.4. The molecule has 11 rings (SSSR count). The van der Waals surface area contributed by atoms with Crippen LogP contribution in [0.2, 0.25) is 0 Å². The van der Waals surface area contributed by atoms with E-state index in [-0.39, 0.29) is 0 Å². The maximum atomic E-state index is 5.09. The van der Waals surface area contributed by atoms with Gasteiger partial charge in [-0.15, -0.1) is 0 Å². The van der Waals surface area contributed by atoms with E-state index in [1.807, 2.05) is 6.20 Å². The lowest BCUT2D eigenvalue weighted by Crippen LogP contribution is -2.13. The highest BCUT2D eigenvalue weighted by atomic mass is 15.2. The zero-order valence-electron chi connectivity index (χ0n) is 36.5. The molecule has 0 spiro atoms. The molecule has 64 heavy (non-hydrogen) atoms. The Morgan fingerprint density at radius 2 is 1.08 bits per heavy atom. The van der Waals surface area contributed by atoms with Gasteiger partial charge in [0.2, 0.25) is 0 Å². The van der Waals surface area contributed by atoms with Crippen LogP contribution in [-0.2, 0) is 0 Å². The maximum absolute atomic E-state index is 5.09. The number of fused-ring (bicyclic) bond motifs is 4. The van der Waals surface area contributed by atoms with Crippen molar-refractivity contribution < 1.29 is 0 Å². The molecule has 0 aliphatic carbocycles. The fraction of sp³-hybridized carbons (Fsp3) is 0.0847. The monoisotopic (exact) mass is 826 g/mol. The number of aryl methyl sites for hydroxylation is 2. The van der Waals surface area contributed by atoms with E-state index in [1.54, 1.807) is 0 Å². The van der Waals surface area contributed by atoms with Gasteiger partial charge in [-0.05, 0) is 116 Å². The Balaban J connectivity index is 1.20. The first-order valence-electron chi connectivity index (χ1n) is 22.1. The van der Waals surface area contributed by atoms with E-state index in [4.69, 9.17) is 4.98 Å². The van der Waals surface area contributed by atoms with Gasteiger partial charge in [-0.25, -0.2) is 9.55 Å². The molecule has 5 nitrogen and oxygen atoms in total. The van der Waals surface area contributed by atoms with Gasteiger partial charge in [-0.1, -0.05) is 121 Å². The molecule has 0 bridgehead atoms. The number of hydrogen-bond acceptors (Lipinski definition) is 2. The molecule has 0 saturated carbocycles. The minimum Gasteiger partial charge on any atom is -0.308 e. The SMILES string of the molecule is Cc1cccc(C)c1-c1ccnc(-n2c3ccccc3c3ccc(N(c4cccc(-n5[cH+]n(C(C)C)c6ccccc65)c4)c4c(-c5ccccc5)cccc4-c4ccccc4)cc32)c1. The highest BCUT2D eigenvalue weighted by Gasteiger charge is 2.26. The summed E-state index contributed by atoms with van der Waals surface area (Å²) < 4.78 is 7.03. The number of hydrogen-bond donors (Lipinski definition) is 0. The first kappa shape index (κ1) is 38.9. The van der Waals surface area contributed by atoms with Gasteiger partial charge in [0.25, 0.3) is 0 Å². The van der Waals surface area contributed by atoms with Crippen LogP contribution >= 0.6 is 0 Å². The fourth-order valence-electron chi connectivity index (χ4n) is 9.74. The molecule has 0 aliphatic heterocycles. The number of rotatable bonds is 9. The highest BCUT2D eigenvalue weighted by molar-refractivity contribution is 6.11. The number of nitrogens with zero attached hydrogens (tertiary/aromatic N) is 5. The van der Waals surface area contributed by atoms with Crippen molar-refractivity contribution in [3.8, 4) is 44.9 Å². The molecule has 0 radical (unpaired) electrons. The van der Waals surface area contributed by atoms with E-state index in [0.29, 0.717) is 6.04 Å². The summed E-state index contributed by atoms with van der Waals surface area (Å²) in [5.74, 6) is 0.879. The Labute approximate surface area is 374 Å². The van der Waals surface area contributed by atoms with Crippen LogP contribution in [0.3, 0.4) is 0 Å². The second kappa shape index (κ2) is 16.0. The number of anilines is 3. The summed E-state index contributed by atoms with van der Waals surface area (Å²) in [7, 11) is 0. The van der Waals surface area contributed by atoms with Gasteiger partial charge < -0.3 is 4.90 Å². The lowest BCUT2D eigenvalue weighted by Gasteiger charge is -2.30. The first-order valence-corrected chi connectivity index (χ1v) is 22.1. The number of para-hydroxylation sites is 4. The molecular formula is C59H48N5+. The van der Waals surface area contributed by atoms with E-state index in [1.165, 1.54) is 33.0 Å². The number of imidazole rings is 1. The molecule has 0 aliphatic rings. The molecule has 5 heteroatoms. The van der Waals surface area contributed by atoms with E-state index in [2.05, 4.69) is 253 Å². The van der Waals surface area contributed by atoms with Crippen LogP contribution in [0.4, 0.5) is 17.1 Å². The standard InChI is InChI=1S/C59H48N5/c1-40(2)61-39-62(55-31-14-13-30-54(55)61)46-24-16-25-47(37-46)63(59-49(43-20-7-5-8-21-43)27-17-28-50(59)44-22-9-6-10-23-44)48-32-33-52-51-26-11-12-29-53(51)64(56(52)38-48)57-36-45(34-35-60-57)58-41(3)18-15-19-42(58)4/h5-40H,1-4H3/q+1. The van der Waals surface area contributed by atoms with E-state index >= 15 is 0 Å². The van der Waals surface area contributed by atoms with Crippen LogP contribution in [0.25, 0.3) is 77.7 Å². The van der Waals surface area contributed by atoms with Crippen LogP contribution in [0.15, 0.2) is 213 Å². The average molecular weight is 827 g/mol. The highest BCUT2D eigenvalue weighted by Crippen LogP contribution is 2.48. The molecule has 0 N–H and O–H groups in total. The largest absolute Gasteiger partial charge is 0.308 e. The van der Waals surface area contributed by atoms with Crippen molar-refractivity contribution in [3.63, 3.8) is 0 Å². The van der Waals surface area contributed by atoms with Crippen LogP contribution in [0.5, 0.6) is 0 Å². The number of aromatic nitrogens is 4. The average Bonchev–Trinajstić information content (AvgIpc) is 3.89. The molecule has 8 aromatic carbocycles. The molecule has 3 aromatic heterocycles. The van der Waals surface area contributed by atoms with Crippen molar-refractivity contribution in [3.05, 3.63) is 224 Å². The van der Waals surface area contributed by atoms with Crippen LogP contribution in [0.1, 0.15) is 31.0 Å². The minimum atomic E-state index is 0.298. The molecular weight excluding hydrogens is 779 g/mol. The van der Waals surface area contributed by atoms with Gasteiger partial charge in [0, 0.05) is 58.0 Å². The Morgan fingerprint density at radius 3 is 1.78 bits per heavy atom. The zero-order chi connectivity index (χ0) is 43.3. The fourth-order valence-corrected chi connectivity index (χ4v) is 9.74. The predicted molar refractivity (Wildman–Crippen MR) is 269 cm³/mol. The van der Waals surface area contributed by atoms with Gasteiger partial charge in [0.15, 0.2) is 17.4 Å². The summed E-state index contributed by atoms with van der Waals surface area (Å²) in [6.45, 7) is 8.87. The number of pyridine rings is 1. The smallest absolute Gasteiger partial charge is 0.191 e. The molecule has 0 unspecified atom stereocenters. The Hall–Kier alpha value is -8.02. The molecule has 0 fully saturated rings. The molecule has 11 aromatic rings. The predicted octanol–water partition coefficient (Wildman–Crippen LogP) is 15.9. The molecule has 0 atom stereocenters. The van der Waals surface area contributed by atoms with Crippen molar-refractivity contribution in [2.24, 2.45) is 0 Å². The molecule has 0 amide bonds. The third kappa shape index (κ3) is 6.65. The van der Waals surface area contributed by atoms with Crippen molar-refractivity contribution in [1.82, 2.24) is 18.7 Å². The number of benzene rings is 8. The Kier molecular flexibility index (Phi) is 9.73. The lowest BCUT2D eigenvalue weighted by molar-refractivity contribution is 0.612. The molecule has 0 saturated heterocycles. The van der Waals surface area contributed by atoms with Gasteiger partial charge in [0.1, 0.15) is 11.5 Å². The lowest BCUT2D eigenvalue weighted by atomic mass is 9.94. The third-order valence-electron chi connectivity index (χ3n) is 12.7. The van der Waals surface area contributed by atoms with Crippen LogP contribution < -0.4 is 4.90 Å². The van der Waals surface area contributed by atoms with E-state index in [9.17, 15) is 0 Å². The van der Waals surface area contributed by atoms with Crippen LogP contribution in [-0.4, -0.2) is 18.7 Å². The van der Waals surface area contributed by atoms with Gasteiger partial charge in [-0.2, -0.15) is 4.57 Å². The summed E-state index contributed by atoms with van der Waals surface area (Å²) in [6, 6.07) is 72.8. The third-order valence-corrected chi connectivity index (χ3v) is 12.7. The summed E-state index contributed by atoms with van der Waals surface area (Å²) in [6.07, 6.45) is 4.20. The normalized spacial score (nSPS) is 11.6. The second-order valence-corrected chi connectivity index (χ2v) is 17.0. The maximum Gasteiger partial charge on any atom is 0.191 e. The van der Waals surface area contributed by atoms with E-state index < -0.39 is 0 Å². The molecule has 3 heterocycles. The van der Waals surface area contributed by atoms with Crippen molar-refractivity contribution in [1.29, 1.82) is 0 Å². The quantitative estimate of drug-likeness (QED) is 0.136. The summed E-state index contributed by atoms with van der Waals surface area (Å²) in [5, 5.41) is 2.36. The summed E-state index contributed by atoms with van der Waals surface area (Å²) in [4.78, 5) is 7.56. The van der Waals surface area contributed by atoms with Gasteiger partial charge >= 0.3 is 0 Å². The zero-order valence-corrected chi connectivity index (χ0v) is 36.5. The Morgan fingerprint density at radius 1 is 0.484 bits per heavy atom. The van der Waals surface area contributed by atoms with E-state index in [0.717, 1.165) is 72.9 Å². The van der Waals surface area contributed by atoms with Crippen molar-refractivity contribution >= 4 is 49.9 Å². The summed E-state index contributed by atoms with van der Waals surface area (Å²) >= 11 is 0.